The van der Waals surface area contributed by atoms with E-state index in [1.807, 2.05) is 30.3 Å². The van der Waals surface area contributed by atoms with Crippen LogP contribution in [0.2, 0.25) is 0 Å². The summed E-state index contributed by atoms with van der Waals surface area (Å²) in [6.45, 7) is 0.670. The average Bonchev–Trinajstić information content (AvgIpc) is 3.26. The highest BCUT2D eigenvalue weighted by molar-refractivity contribution is 5.72. The maximum absolute atomic E-state index is 5.87. The van der Waals surface area contributed by atoms with Gasteiger partial charge >= 0.3 is 0 Å². The molecule has 0 atom stereocenters. The third-order valence-electron chi connectivity index (χ3n) is 3.18. The monoisotopic (exact) mass is 236 g/mol. The molecule has 0 heterocycles. The van der Waals surface area contributed by atoms with Gasteiger partial charge in [-0.2, -0.15) is 0 Å². The molecule has 2 aromatic carbocycles. The highest BCUT2D eigenvalue weighted by Crippen LogP contribution is 2.36. The zero-order valence-corrected chi connectivity index (χ0v) is 10.3. The molecule has 0 aromatic heterocycles. The third-order valence-corrected chi connectivity index (χ3v) is 3.18. The second-order valence-corrected chi connectivity index (χ2v) is 4.55. The molecule has 0 N–H and O–H groups in total. The van der Waals surface area contributed by atoms with Crippen LogP contribution >= 0.6 is 0 Å². The smallest absolute Gasteiger partial charge is 0.119 e. The van der Waals surface area contributed by atoms with Gasteiger partial charge in [-0.25, -0.2) is 0 Å². The van der Waals surface area contributed by atoms with Gasteiger partial charge in [0, 0.05) is 0 Å². The summed E-state index contributed by atoms with van der Waals surface area (Å²) in [7, 11) is 0. The molecule has 0 radical (unpaired) electrons. The first-order valence-electron chi connectivity index (χ1n) is 6.37. The molecule has 1 nitrogen and oxygen atoms in total. The Kier molecular flexibility index (Phi) is 3.14. The van der Waals surface area contributed by atoms with Gasteiger partial charge in [0.15, 0.2) is 0 Å². The summed E-state index contributed by atoms with van der Waals surface area (Å²) in [6.07, 6.45) is 2.45. The molecule has 1 aliphatic rings. The minimum absolute atomic E-state index is 0.670. The van der Waals surface area contributed by atoms with Crippen molar-refractivity contribution in [3.63, 3.8) is 0 Å². The lowest BCUT2D eigenvalue weighted by Crippen LogP contribution is -2.00. The Morgan fingerprint density at radius 3 is 2.06 bits per heavy atom. The van der Waals surface area contributed by atoms with Crippen LogP contribution in [0.5, 0.6) is 5.75 Å². The summed E-state index contributed by atoms with van der Waals surface area (Å²) >= 11 is 0. The topological polar surface area (TPSA) is 9.23 Å². The van der Waals surface area contributed by atoms with Gasteiger partial charge in [0.05, 0.1) is 0 Å². The summed E-state index contributed by atoms with van der Waals surface area (Å²) in [5, 5.41) is 0. The molecule has 0 bridgehead atoms. The fourth-order valence-electron chi connectivity index (χ4n) is 2.07. The maximum Gasteiger partial charge on any atom is 0.119 e. The van der Waals surface area contributed by atoms with Crippen LogP contribution < -0.4 is 4.74 Å². The molecule has 0 unspecified atom stereocenters. The van der Waals surface area contributed by atoms with E-state index in [1.165, 1.54) is 29.6 Å². The number of ether oxygens (including phenoxy) is 1. The van der Waals surface area contributed by atoms with Gasteiger partial charge in [0.2, 0.25) is 0 Å². The first kappa shape index (κ1) is 11.1. The van der Waals surface area contributed by atoms with Gasteiger partial charge in [-0.3, -0.25) is 0 Å². The molecule has 0 saturated heterocycles. The Morgan fingerprint density at radius 1 is 0.833 bits per heavy atom. The zero-order chi connectivity index (χ0) is 12.2. The van der Waals surface area contributed by atoms with Crippen molar-refractivity contribution in [1.82, 2.24) is 0 Å². The van der Waals surface area contributed by atoms with Gasteiger partial charge in [-0.15, -0.1) is 0 Å². The van der Waals surface area contributed by atoms with Crippen molar-refractivity contribution < 1.29 is 4.74 Å². The predicted molar refractivity (Wildman–Crippen MR) is 74.5 cm³/mol. The van der Waals surface area contributed by atoms with E-state index < -0.39 is 0 Å². The standard InChI is InChI=1S/C17H16O/c1-3-7-14(8-4-1)17(15-11-12-15)13-18-16-9-5-2-6-10-16/h1-10H,11-13H2. The van der Waals surface area contributed by atoms with Gasteiger partial charge < -0.3 is 4.74 Å². The van der Waals surface area contributed by atoms with Crippen LogP contribution in [0.15, 0.2) is 66.2 Å². The molecule has 2 aromatic rings. The Morgan fingerprint density at radius 2 is 1.44 bits per heavy atom. The lowest BCUT2D eigenvalue weighted by molar-refractivity contribution is 0.369. The van der Waals surface area contributed by atoms with Crippen molar-refractivity contribution in [2.45, 2.75) is 12.8 Å². The molecule has 0 spiro atoms. The quantitative estimate of drug-likeness (QED) is 0.768. The van der Waals surface area contributed by atoms with Crippen LogP contribution in [0, 0.1) is 0 Å². The fourth-order valence-corrected chi connectivity index (χ4v) is 2.07. The lowest BCUT2D eigenvalue weighted by Gasteiger charge is -2.10. The number of para-hydroxylation sites is 1. The summed E-state index contributed by atoms with van der Waals surface area (Å²) in [4.78, 5) is 0. The van der Waals surface area contributed by atoms with Crippen molar-refractivity contribution in [2.75, 3.05) is 6.61 Å². The molecule has 1 aliphatic carbocycles. The molecule has 0 aliphatic heterocycles. The highest BCUT2D eigenvalue weighted by Gasteiger charge is 2.19. The Labute approximate surface area is 108 Å². The maximum atomic E-state index is 5.87. The van der Waals surface area contributed by atoms with Gasteiger partial charge in [0.1, 0.15) is 12.4 Å². The highest BCUT2D eigenvalue weighted by atomic mass is 16.5. The Hall–Kier alpha value is -2.02. The normalized spacial score (nSPS) is 13.2. The molecular formula is C17H16O. The molecular weight excluding hydrogens is 220 g/mol. The van der Waals surface area contributed by atoms with Crippen molar-refractivity contribution in [2.24, 2.45) is 0 Å². The molecule has 0 amide bonds. The van der Waals surface area contributed by atoms with Crippen LogP contribution in [-0.2, 0) is 0 Å². The van der Waals surface area contributed by atoms with E-state index in [0.717, 1.165) is 5.75 Å². The third kappa shape index (κ3) is 2.62. The van der Waals surface area contributed by atoms with E-state index in [9.17, 15) is 0 Å². The summed E-state index contributed by atoms with van der Waals surface area (Å²) in [5.41, 5.74) is 4.19. The van der Waals surface area contributed by atoms with Crippen molar-refractivity contribution in [1.29, 1.82) is 0 Å². The van der Waals surface area contributed by atoms with Crippen LogP contribution in [0.3, 0.4) is 0 Å². The van der Waals surface area contributed by atoms with E-state index in [2.05, 4.69) is 30.3 Å². The largest absolute Gasteiger partial charge is 0.489 e. The van der Waals surface area contributed by atoms with Crippen molar-refractivity contribution in [3.8, 4) is 5.75 Å². The number of allylic oxidation sites excluding steroid dienone is 1. The number of hydrogen-bond acceptors (Lipinski definition) is 1. The minimum Gasteiger partial charge on any atom is -0.489 e. The van der Waals surface area contributed by atoms with Crippen molar-refractivity contribution >= 4 is 5.57 Å². The number of rotatable bonds is 4. The lowest BCUT2D eigenvalue weighted by atomic mass is 10.1. The molecule has 90 valence electrons. The molecule has 1 heteroatoms. The molecule has 18 heavy (non-hydrogen) atoms. The Balaban J connectivity index is 1.76. The molecule has 1 fully saturated rings. The van der Waals surface area contributed by atoms with Crippen molar-refractivity contribution in [3.05, 3.63) is 71.8 Å². The van der Waals surface area contributed by atoms with E-state index >= 15 is 0 Å². The summed E-state index contributed by atoms with van der Waals surface area (Å²) in [5.74, 6) is 0.937. The number of hydrogen-bond donors (Lipinski definition) is 0. The van der Waals surface area contributed by atoms with Gasteiger partial charge in [-0.05, 0) is 36.1 Å². The zero-order valence-electron chi connectivity index (χ0n) is 10.3. The van der Waals surface area contributed by atoms with E-state index in [4.69, 9.17) is 4.74 Å². The van der Waals surface area contributed by atoms with E-state index in [0.29, 0.717) is 6.61 Å². The second-order valence-electron chi connectivity index (χ2n) is 4.55. The summed E-state index contributed by atoms with van der Waals surface area (Å²) in [6, 6.07) is 20.6. The summed E-state index contributed by atoms with van der Waals surface area (Å²) < 4.78 is 5.87. The SMILES string of the molecule is c1ccc(OCC(=C2CC2)c2ccccc2)cc1. The first-order valence-corrected chi connectivity index (χ1v) is 6.37. The minimum atomic E-state index is 0.670. The second kappa shape index (κ2) is 5.09. The van der Waals surface area contributed by atoms with Gasteiger partial charge in [-0.1, -0.05) is 54.1 Å². The predicted octanol–water partition coefficient (Wildman–Crippen LogP) is 4.31. The van der Waals surface area contributed by atoms with Crippen LogP contribution in [-0.4, -0.2) is 6.61 Å². The van der Waals surface area contributed by atoms with Gasteiger partial charge in [0.25, 0.3) is 0 Å². The van der Waals surface area contributed by atoms with Crippen LogP contribution in [0.4, 0.5) is 0 Å². The number of benzene rings is 2. The van der Waals surface area contributed by atoms with E-state index in [1.54, 1.807) is 0 Å². The van der Waals surface area contributed by atoms with Crippen LogP contribution in [0.1, 0.15) is 18.4 Å². The fraction of sp³-hybridized carbons (Fsp3) is 0.176. The molecule has 3 rings (SSSR count). The van der Waals surface area contributed by atoms with Crippen LogP contribution in [0.25, 0.3) is 5.57 Å². The van der Waals surface area contributed by atoms with E-state index in [-0.39, 0.29) is 0 Å². The first-order chi connectivity index (χ1) is 8.93. The Bertz CT molecular complexity index is 534. The average molecular weight is 236 g/mol. The molecule has 1 saturated carbocycles.